The van der Waals surface area contributed by atoms with Crippen LogP contribution in [0.4, 0.5) is 4.79 Å². The van der Waals surface area contributed by atoms with Gasteiger partial charge < -0.3 is 19.5 Å². The number of hydrogen-bond donors (Lipinski definition) is 2. The van der Waals surface area contributed by atoms with Crippen LogP contribution in [0.1, 0.15) is 65.7 Å². The van der Waals surface area contributed by atoms with E-state index in [0.717, 1.165) is 12.8 Å². The highest BCUT2D eigenvalue weighted by Gasteiger charge is 2.64. The van der Waals surface area contributed by atoms with Gasteiger partial charge >= 0.3 is 6.09 Å². The largest absolute Gasteiger partial charge is 0.497 e. The highest BCUT2D eigenvalue weighted by atomic mass is 32.2. The molecule has 3 heterocycles. The molecule has 4 aliphatic rings. The molecule has 3 aromatic rings. The topological polar surface area (TPSA) is 166 Å². The van der Waals surface area contributed by atoms with Crippen molar-refractivity contribution >= 4 is 38.8 Å². The first-order valence-corrected chi connectivity index (χ1v) is 19.2. The number of nitrogens with zero attached hydrogens (tertiary/aromatic N) is 3. The van der Waals surface area contributed by atoms with E-state index in [4.69, 9.17) is 19.2 Å². The molecule has 3 amide bonds. The van der Waals surface area contributed by atoms with Crippen LogP contribution < -0.4 is 19.5 Å². The molecule has 14 heteroatoms. The minimum atomic E-state index is -3.97. The quantitative estimate of drug-likeness (QED) is 0.245. The van der Waals surface area contributed by atoms with Crippen LogP contribution in [-0.2, 0) is 24.3 Å². The summed E-state index contributed by atoms with van der Waals surface area (Å²) in [6.45, 7) is 9.02. The molecule has 1 aromatic carbocycles. The molecule has 7 rings (SSSR count). The number of benzene rings is 1. The predicted molar refractivity (Wildman–Crippen MR) is 193 cm³/mol. The van der Waals surface area contributed by atoms with Crippen LogP contribution >= 0.6 is 0 Å². The number of fused-ring (bicyclic) bond motifs is 1. The van der Waals surface area contributed by atoms with Gasteiger partial charge in [-0.05, 0) is 76.6 Å². The third-order valence-corrected chi connectivity index (χ3v) is 12.6. The van der Waals surface area contributed by atoms with Crippen LogP contribution in [0.25, 0.3) is 22.3 Å². The lowest BCUT2D eigenvalue weighted by molar-refractivity contribution is -0.131. The molecular formula is C38H45N5O8S. The number of carbonyl (C=O) groups excluding carboxylic acids is 3. The molecule has 2 N–H and O–H groups in total. The third-order valence-electron chi connectivity index (χ3n) is 10.4. The Kier molecular flexibility index (Phi) is 8.95. The van der Waals surface area contributed by atoms with E-state index in [1.165, 1.54) is 4.90 Å². The van der Waals surface area contributed by atoms with Gasteiger partial charge in [-0.15, -0.1) is 6.58 Å². The number of aromatic nitrogens is 2. The fraction of sp³-hybridized carbons (Fsp3) is 0.500. The smallest absolute Gasteiger partial charge is 0.411 e. The van der Waals surface area contributed by atoms with E-state index in [1.807, 2.05) is 24.3 Å². The van der Waals surface area contributed by atoms with Crippen LogP contribution in [0.3, 0.4) is 0 Å². The Labute approximate surface area is 303 Å². The first kappa shape index (κ1) is 35.7. The summed E-state index contributed by atoms with van der Waals surface area (Å²) in [6.07, 6.45) is 5.64. The van der Waals surface area contributed by atoms with Crippen molar-refractivity contribution in [1.29, 1.82) is 0 Å². The van der Waals surface area contributed by atoms with E-state index in [-0.39, 0.29) is 19.4 Å². The normalized spacial score (nSPS) is 24.8. The molecule has 0 unspecified atom stereocenters. The summed E-state index contributed by atoms with van der Waals surface area (Å²) < 4.78 is 46.0. The van der Waals surface area contributed by atoms with Crippen molar-refractivity contribution in [1.82, 2.24) is 24.9 Å². The lowest BCUT2D eigenvalue weighted by Crippen LogP contribution is -2.57. The van der Waals surface area contributed by atoms with Crippen LogP contribution in [0, 0.1) is 11.8 Å². The maximum absolute atomic E-state index is 14.2. The van der Waals surface area contributed by atoms with Gasteiger partial charge in [-0.2, -0.15) is 0 Å². The molecule has 3 saturated carbocycles. The number of pyridine rings is 2. The van der Waals surface area contributed by atoms with Gasteiger partial charge in [0.1, 0.15) is 34.8 Å². The summed E-state index contributed by atoms with van der Waals surface area (Å²) >= 11 is 0. The number of ether oxygens (including phenoxy) is 3. The van der Waals surface area contributed by atoms with Crippen molar-refractivity contribution in [3.63, 3.8) is 0 Å². The molecule has 13 nitrogen and oxygen atoms in total. The van der Waals surface area contributed by atoms with Gasteiger partial charge in [0, 0.05) is 36.1 Å². The molecule has 4 atom stereocenters. The number of likely N-dealkylation sites (tertiary alicyclic amines) is 1. The second-order valence-corrected chi connectivity index (χ2v) is 17.6. The first-order chi connectivity index (χ1) is 24.7. The molecule has 52 heavy (non-hydrogen) atoms. The lowest BCUT2D eigenvalue weighted by Gasteiger charge is -2.29. The van der Waals surface area contributed by atoms with Crippen LogP contribution in [-0.4, -0.2) is 82.9 Å². The number of rotatable bonds is 12. The van der Waals surface area contributed by atoms with Gasteiger partial charge in [0.25, 0.3) is 5.91 Å². The summed E-state index contributed by atoms with van der Waals surface area (Å²) in [4.78, 5) is 52.1. The van der Waals surface area contributed by atoms with Gasteiger partial charge in [-0.25, -0.2) is 18.2 Å². The summed E-state index contributed by atoms with van der Waals surface area (Å²) in [6, 6.07) is 11.6. The molecule has 1 aliphatic heterocycles. The highest BCUT2D eigenvalue weighted by molar-refractivity contribution is 7.91. The monoisotopic (exact) mass is 731 g/mol. The summed E-state index contributed by atoms with van der Waals surface area (Å²) in [5, 5.41) is 3.53. The molecule has 1 saturated heterocycles. The minimum Gasteiger partial charge on any atom is -0.497 e. The van der Waals surface area contributed by atoms with Gasteiger partial charge in [0.05, 0.1) is 35.3 Å². The van der Waals surface area contributed by atoms with E-state index in [9.17, 15) is 22.8 Å². The van der Waals surface area contributed by atoms with E-state index >= 15 is 0 Å². The van der Waals surface area contributed by atoms with Crippen molar-refractivity contribution in [3.05, 3.63) is 61.3 Å². The fourth-order valence-electron chi connectivity index (χ4n) is 7.11. The molecular weight excluding hydrogens is 687 g/mol. The standard InChI is InChI=1S/C38H45N5O8S/c1-6-24-21-38(24,34(45)42-52(47,48)37(14-15-37)20-23-10-11-23)41-33(44)31-18-26(22-43(31)35(46)51-36(2,3)4)50-32-19-30(28-9-7-8-16-39-28)40-29-17-25(49-5)12-13-27(29)32/h6-9,12-13,16-17,19,23-24,26,31H,1,10-11,14-15,18,20-22H2,2-5H3,(H,41,44)(H,42,45)/t24-,26-,31+,38-/m1/s1. The number of hydrogen-bond acceptors (Lipinski definition) is 10. The summed E-state index contributed by atoms with van der Waals surface area (Å²) in [7, 11) is -2.40. The van der Waals surface area contributed by atoms with Gasteiger partial charge in [-0.1, -0.05) is 25.0 Å². The predicted octanol–water partition coefficient (Wildman–Crippen LogP) is 4.90. The molecule has 0 bridgehead atoms. The van der Waals surface area contributed by atoms with Gasteiger partial charge in [-0.3, -0.25) is 24.2 Å². The maximum Gasteiger partial charge on any atom is 0.411 e. The molecule has 2 aromatic heterocycles. The van der Waals surface area contributed by atoms with Crippen LogP contribution in [0.15, 0.2) is 61.3 Å². The number of nitrogens with one attached hydrogen (secondary N) is 2. The first-order valence-electron chi connectivity index (χ1n) is 17.7. The van der Waals surface area contributed by atoms with Crippen molar-refractivity contribution in [2.24, 2.45) is 11.8 Å². The summed E-state index contributed by atoms with van der Waals surface area (Å²) in [5.41, 5.74) is -0.578. The Morgan fingerprint density at radius 1 is 1.10 bits per heavy atom. The van der Waals surface area contributed by atoms with Crippen molar-refractivity contribution in [2.45, 2.75) is 93.7 Å². The minimum absolute atomic E-state index is 0.00798. The molecule has 0 spiro atoms. The van der Waals surface area contributed by atoms with E-state index < -0.39 is 61.9 Å². The zero-order valence-corrected chi connectivity index (χ0v) is 30.7. The Morgan fingerprint density at radius 3 is 2.48 bits per heavy atom. The fourth-order valence-corrected chi connectivity index (χ4v) is 8.85. The Balaban J connectivity index is 1.15. The summed E-state index contributed by atoms with van der Waals surface area (Å²) in [5.74, 6) is -0.445. The number of methoxy groups -OCH3 is 1. The molecule has 276 valence electrons. The van der Waals surface area contributed by atoms with Gasteiger partial charge in [0.15, 0.2) is 0 Å². The molecule has 3 aliphatic carbocycles. The lowest BCUT2D eigenvalue weighted by atomic mass is 10.1. The second kappa shape index (κ2) is 13.0. The number of amides is 3. The van der Waals surface area contributed by atoms with Crippen molar-refractivity contribution < 1.29 is 37.0 Å². The average molecular weight is 732 g/mol. The third kappa shape index (κ3) is 7.04. The number of carbonyl (C=O) groups is 3. The van der Waals surface area contributed by atoms with Crippen LogP contribution in [0.5, 0.6) is 11.5 Å². The van der Waals surface area contributed by atoms with E-state index in [1.54, 1.807) is 58.4 Å². The van der Waals surface area contributed by atoms with E-state index in [2.05, 4.69) is 21.6 Å². The molecule has 4 fully saturated rings. The van der Waals surface area contributed by atoms with E-state index in [0.29, 0.717) is 59.0 Å². The van der Waals surface area contributed by atoms with Gasteiger partial charge in [0.2, 0.25) is 15.9 Å². The molecule has 0 radical (unpaired) electrons. The second-order valence-electron chi connectivity index (χ2n) is 15.5. The zero-order valence-electron chi connectivity index (χ0n) is 29.9. The Bertz CT molecular complexity index is 2030. The zero-order chi connectivity index (χ0) is 37.1. The van der Waals surface area contributed by atoms with Crippen molar-refractivity contribution in [2.75, 3.05) is 13.7 Å². The van der Waals surface area contributed by atoms with Crippen molar-refractivity contribution in [3.8, 4) is 22.9 Å². The van der Waals surface area contributed by atoms with Crippen LogP contribution in [0.2, 0.25) is 0 Å². The number of sulfonamides is 1. The highest BCUT2D eigenvalue weighted by Crippen LogP contribution is 2.53. The Morgan fingerprint density at radius 2 is 1.87 bits per heavy atom. The SMILES string of the molecule is C=C[C@@H]1C[C@]1(NC(=O)[C@@H]1C[C@@H](Oc2cc(-c3ccccn3)nc3cc(OC)ccc23)CN1C(=O)OC(C)(C)C)C(=O)NS(=O)(=O)C1(CC2CC2)CC1. The maximum atomic E-state index is 14.2. The average Bonchev–Trinajstić information content (AvgIpc) is 4.05. The Hall–Kier alpha value is -4.72.